The lowest BCUT2D eigenvalue weighted by Crippen LogP contribution is -2.35. The smallest absolute Gasteiger partial charge is 0.174 e. The van der Waals surface area contributed by atoms with E-state index in [1.54, 1.807) is 6.07 Å². The average Bonchev–Trinajstić information content (AvgIpc) is 2.13. The molecule has 0 spiro atoms. The van der Waals surface area contributed by atoms with E-state index in [2.05, 4.69) is 6.92 Å². The van der Waals surface area contributed by atoms with Gasteiger partial charge in [-0.15, -0.1) is 0 Å². The van der Waals surface area contributed by atoms with Crippen LogP contribution in [0, 0.1) is 0 Å². The highest BCUT2D eigenvalue weighted by atomic mass is 16.5. The third kappa shape index (κ3) is 2.28. The first-order valence-electron chi connectivity index (χ1n) is 6.01. The van der Waals surface area contributed by atoms with Gasteiger partial charge in [-0.2, -0.15) is 0 Å². The molecule has 1 aliphatic heterocycles. The largest absolute Gasteiger partial charge is 0.507 e. The monoisotopic (exact) mass is 234 g/mol. The van der Waals surface area contributed by atoms with E-state index in [0.717, 1.165) is 18.4 Å². The number of fused-ring (bicyclic) bond motifs is 1. The van der Waals surface area contributed by atoms with Crippen molar-refractivity contribution in [2.75, 3.05) is 0 Å². The van der Waals surface area contributed by atoms with Crippen LogP contribution in [0.5, 0.6) is 11.5 Å². The van der Waals surface area contributed by atoms with Gasteiger partial charge in [0.15, 0.2) is 5.78 Å². The molecule has 2 rings (SSSR count). The third-order valence-corrected chi connectivity index (χ3v) is 2.93. The summed E-state index contributed by atoms with van der Waals surface area (Å²) in [5.41, 5.74) is 0.861. The van der Waals surface area contributed by atoms with Crippen LogP contribution in [0.4, 0.5) is 0 Å². The summed E-state index contributed by atoms with van der Waals surface area (Å²) in [6.45, 7) is 5.85. The second-order valence-electron chi connectivity index (χ2n) is 5.20. The van der Waals surface area contributed by atoms with Gasteiger partial charge in [0.05, 0.1) is 6.42 Å². The van der Waals surface area contributed by atoms with Gasteiger partial charge in [-0.1, -0.05) is 13.3 Å². The lowest BCUT2D eigenvalue weighted by molar-refractivity contribution is 0.0614. The van der Waals surface area contributed by atoms with Crippen LogP contribution in [0.1, 0.15) is 49.5 Å². The zero-order valence-corrected chi connectivity index (χ0v) is 10.5. The number of phenolic OH excluding ortho intramolecular Hbond substituents is 1. The molecule has 0 amide bonds. The van der Waals surface area contributed by atoms with Crippen molar-refractivity contribution >= 4 is 5.78 Å². The summed E-state index contributed by atoms with van der Waals surface area (Å²) >= 11 is 0. The molecule has 1 heterocycles. The molecule has 0 fully saturated rings. The summed E-state index contributed by atoms with van der Waals surface area (Å²) < 4.78 is 5.78. The van der Waals surface area contributed by atoms with Crippen molar-refractivity contribution in [3.05, 3.63) is 23.3 Å². The molecule has 0 saturated heterocycles. The quantitative estimate of drug-likeness (QED) is 0.855. The fraction of sp³-hybridized carbons (Fsp3) is 0.500. The maximum absolute atomic E-state index is 12.0. The molecule has 0 saturated carbocycles. The number of Topliss-reactive ketones (excluding diaryl/α,β-unsaturated/α-hetero) is 1. The molecular formula is C14H18O3. The minimum atomic E-state index is -0.485. The Bertz CT molecular complexity index is 461. The number of aryl methyl sites for hydroxylation is 1. The van der Waals surface area contributed by atoms with Crippen LogP contribution >= 0.6 is 0 Å². The van der Waals surface area contributed by atoms with E-state index < -0.39 is 5.60 Å². The van der Waals surface area contributed by atoms with E-state index in [-0.39, 0.29) is 11.5 Å². The van der Waals surface area contributed by atoms with Crippen LogP contribution in [0.2, 0.25) is 0 Å². The number of phenols is 1. The van der Waals surface area contributed by atoms with Crippen molar-refractivity contribution in [3.63, 3.8) is 0 Å². The Labute approximate surface area is 101 Å². The predicted molar refractivity (Wildman–Crippen MR) is 65.8 cm³/mol. The number of benzene rings is 1. The van der Waals surface area contributed by atoms with Gasteiger partial charge in [0.2, 0.25) is 0 Å². The molecule has 0 radical (unpaired) electrons. The molecule has 0 unspecified atom stereocenters. The third-order valence-electron chi connectivity index (χ3n) is 2.93. The van der Waals surface area contributed by atoms with Gasteiger partial charge in [-0.05, 0) is 38.0 Å². The van der Waals surface area contributed by atoms with E-state index in [9.17, 15) is 9.90 Å². The molecule has 0 bridgehead atoms. The number of hydrogen-bond donors (Lipinski definition) is 1. The van der Waals surface area contributed by atoms with Crippen molar-refractivity contribution in [1.82, 2.24) is 0 Å². The molecule has 1 aromatic rings. The molecule has 1 aromatic carbocycles. The number of aromatic hydroxyl groups is 1. The number of hydrogen-bond acceptors (Lipinski definition) is 3. The lowest BCUT2D eigenvalue weighted by Gasteiger charge is -2.32. The lowest BCUT2D eigenvalue weighted by atomic mass is 9.91. The molecule has 3 heteroatoms. The zero-order chi connectivity index (χ0) is 12.6. The second-order valence-corrected chi connectivity index (χ2v) is 5.20. The molecule has 1 aliphatic rings. The van der Waals surface area contributed by atoms with Gasteiger partial charge in [0.25, 0.3) is 0 Å². The molecular weight excluding hydrogens is 216 g/mol. The number of carbonyl (C=O) groups is 1. The van der Waals surface area contributed by atoms with Gasteiger partial charge in [0, 0.05) is 0 Å². The standard InChI is InChI=1S/C14H18O3/c1-4-5-9-6-10(15)13-11(16)8-14(2,3)17-12(13)7-9/h6-7,15H,4-5,8H2,1-3H3. The summed E-state index contributed by atoms with van der Waals surface area (Å²) in [7, 11) is 0. The van der Waals surface area contributed by atoms with Crippen LogP contribution in [-0.4, -0.2) is 16.5 Å². The van der Waals surface area contributed by atoms with Crippen molar-refractivity contribution in [2.24, 2.45) is 0 Å². The van der Waals surface area contributed by atoms with Crippen LogP contribution < -0.4 is 4.74 Å². The Morgan fingerprint density at radius 3 is 2.76 bits per heavy atom. The maximum atomic E-state index is 12.0. The number of ketones is 1. The minimum Gasteiger partial charge on any atom is -0.507 e. The normalized spacial score (nSPS) is 17.5. The maximum Gasteiger partial charge on any atom is 0.174 e. The van der Waals surface area contributed by atoms with Crippen LogP contribution in [0.15, 0.2) is 12.1 Å². The SMILES string of the molecule is CCCc1cc(O)c2c(c1)OC(C)(C)CC2=O. The molecule has 0 atom stereocenters. The Kier molecular flexibility index (Phi) is 2.86. The topological polar surface area (TPSA) is 46.5 Å². The predicted octanol–water partition coefficient (Wildman–Crippen LogP) is 3.09. The molecule has 3 nitrogen and oxygen atoms in total. The fourth-order valence-corrected chi connectivity index (χ4v) is 2.26. The summed E-state index contributed by atoms with van der Waals surface area (Å²) in [6, 6.07) is 3.54. The van der Waals surface area contributed by atoms with Crippen molar-refractivity contribution < 1.29 is 14.6 Å². The fourth-order valence-electron chi connectivity index (χ4n) is 2.26. The highest BCUT2D eigenvalue weighted by Gasteiger charge is 2.34. The van der Waals surface area contributed by atoms with E-state index in [4.69, 9.17) is 4.74 Å². The minimum absolute atomic E-state index is 0.0446. The van der Waals surface area contributed by atoms with Gasteiger partial charge in [-0.25, -0.2) is 0 Å². The summed E-state index contributed by atoms with van der Waals surface area (Å²) in [5, 5.41) is 9.90. The first kappa shape index (κ1) is 12.0. The van der Waals surface area contributed by atoms with Gasteiger partial charge in [0.1, 0.15) is 22.7 Å². The van der Waals surface area contributed by atoms with Crippen molar-refractivity contribution in [2.45, 2.75) is 45.6 Å². The Hall–Kier alpha value is -1.51. The van der Waals surface area contributed by atoms with E-state index in [0.29, 0.717) is 17.7 Å². The van der Waals surface area contributed by atoms with Crippen molar-refractivity contribution in [3.8, 4) is 11.5 Å². The Balaban J connectivity index is 2.49. The first-order valence-corrected chi connectivity index (χ1v) is 6.01. The highest BCUT2D eigenvalue weighted by Crippen LogP contribution is 2.39. The molecule has 17 heavy (non-hydrogen) atoms. The summed E-state index contributed by atoms with van der Waals surface area (Å²) in [5.74, 6) is 0.526. The summed E-state index contributed by atoms with van der Waals surface area (Å²) in [4.78, 5) is 12.0. The van der Waals surface area contributed by atoms with Gasteiger partial charge < -0.3 is 9.84 Å². The molecule has 0 aliphatic carbocycles. The number of rotatable bonds is 2. The van der Waals surface area contributed by atoms with Crippen LogP contribution in [-0.2, 0) is 6.42 Å². The van der Waals surface area contributed by atoms with Crippen LogP contribution in [0.3, 0.4) is 0 Å². The highest BCUT2D eigenvalue weighted by molar-refractivity contribution is 6.02. The zero-order valence-electron chi connectivity index (χ0n) is 10.5. The van der Waals surface area contributed by atoms with Gasteiger partial charge >= 0.3 is 0 Å². The van der Waals surface area contributed by atoms with E-state index in [1.807, 2.05) is 19.9 Å². The number of carbonyl (C=O) groups excluding carboxylic acids is 1. The summed E-state index contributed by atoms with van der Waals surface area (Å²) in [6.07, 6.45) is 2.18. The Morgan fingerprint density at radius 2 is 2.12 bits per heavy atom. The Morgan fingerprint density at radius 1 is 1.41 bits per heavy atom. The molecule has 92 valence electrons. The van der Waals surface area contributed by atoms with Crippen LogP contribution in [0.25, 0.3) is 0 Å². The number of ether oxygens (including phenoxy) is 1. The average molecular weight is 234 g/mol. The molecule has 0 aromatic heterocycles. The molecule has 1 N–H and O–H groups in total. The van der Waals surface area contributed by atoms with E-state index in [1.165, 1.54) is 0 Å². The van der Waals surface area contributed by atoms with Gasteiger partial charge in [-0.3, -0.25) is 4.79 Å². The van der Waals surface area contributed by atoms with E-state index >= 15 is 0 Å². The first-order chi connectivity index (χ1) is 7.93. The van der Waals surface area contributed by atoms with Crippen molar-refractivity contribution in [1.29, 1.82) is 0 Å². The second kappa shape index (κ2) is 4.06.